The van der Waals surface area contributed by atoms with Gasteiger partial charge in [0.05, 0.1) is 10.8 Å². The Morgan fingerprint density at radius 1 is 1.18 bits per heavy atom. The number of carbonyl (C=O) groups excluding carboxylic acids is 3. The van der Waals surface area contributed by atoms with Gasteiger partial charge in [-0.05, 0) is 56.1 Å². The Morgan fingerprint density at radius 2 is 1.93 bits per heavy atom. The minimum Gasteiger partial charge on any atom is -0.353 e. The Hall–Kier alpha value is -1.89. The first-order valence-corrected chi connectivity index (χ1v) is 11.2. The van der Waals surface area contributed by atoms with Crippen LogP contribution in [0.15, 0.2) is 6.07 Å². The Labute approximate surface area is 170 Å². The van der Waals surface area contributed by atoms with E-state index in [2.05, 4.69) is 30.0 Å². The van der Waals surface area contributed by atoms with Gasteiger partial charge in [0.15, 0.2) is 0 Å². The third-order valence-electron chi connectivity index (χ3n) is 5.51. The predicted molar refractivity (Wildman–Crippen MR) is 110 cm³/mol. The monoisotopic (exact) mass is 405 g/mol. The van der Waals surface area contributed by atoms with Crippen molar-refractivity contribution < 1.29 is 14.4 Å². The molecule has 154 valence electrons. The van der Waals surface area contributed by atoms with E-state index < -0.39 is 5.92 Å². The van der Waals surface area contributed by atoms with Crippen LogP contribution in [0.4, 0.5) is 0 Å². The summed E-state index contributed by atoms with van der Waals surface area (Å²) >= 11 is 1.53. The largest absolute Gasteiger partial charge is 0.353 e. The van der Waals surface area contributed by atoms with Crippen LogP contribution in [0.5, 0.6) is 0 Å². The van der Waals surface area contributed by atoms with Gasteiger partial charge in [-0.15, -0.1) is 11.3 Å². The molecule has 6 nitrogen and oxygen atoms in total. The Kier molecular flexibility index (Phi) is 7.10. The molecule has 1 fully saturated rings. The van der Waals surface area contributed by atoms with Crippen LogP contribution in [0.3, 0.4) is 0 Å². The topological polar surface area (TPSA) is 87.3 Å². The number of carbonyl (C=O) groups is 3. The number of amides is 3. The zero-order valence-corrected chi connectivity index (χ0v) is 17.6. The average Bonchev–Trinajstić information content (AvgIpc) is 3.00. The minimum absolute atomic E-state index is 0.0181. The molecule has 2 aliphatic rings. The van der Waals surface area contributed by atoms with E-state index in [0.29, 0.717) is 17.2 Å². The Morgan fingerprint density at radius 3 is 2.68 bits per heavy atom. The fourth-order valence-electron chi connectivity index (χ4n) is 4.16. The van der Waals surface area contributed by atoms with E-state index in [1.807, 2.05) is 6.07 Å². The highest BCUT2D eigenvalue weighted by molar-refractivity contribution is 7.14. The van der Waals surface area contributed by atoms with Crippen molar-refractivity contribution in [1.82, 2.24) is 16.2 Å². The third-order valence-corrected chi connectivity index (χ3v) is 6.75. The van der Waals surface area contributed by atoms with Crippen LogP contribution in [-0.4, -0.2) is 23.8 Å². The zero-order valence-electron chi connectivity index (χ0n) is 16.8. The second kappa shape index (κ2) is 9.54. The number of hydrogen-bond acceptors (Lipinski definition) is 4. The van der Waals surface area contributed by atoms with Crippen LogP contribution in [0.25, 0.3) is 0 Å². The van der Waals surface area contributed by atoms with E-state index in [0.717, 1.165) is 19.3 Å². The van der Waals surface area contributed by atoms with E-state index >= 15 is 0 Å². The van der Waals surface area contributed by atoms with Crippen LogP contribution in [-0.2, 0) is 22.4 Å². The smallest absolute Gasteiger partial charge is 0.279 e. The molecule has 3 rings (SSSR count). The van der Waals surface area contributed by atoms with Crippen molar-refractivity contribution in [3.05, 3.63) is 21.4 Å². The molecule has 0 spiro atoms. The molecule has 1 aliphatic heterocycles. The second-order valence-corrected chi connectivity index (χ2v) is 9.58. The zero-order chi connectivity index (χ0) is 20.1. The van der Waals surface area contributed by atoms with E-state index in [1.165, 1.54) is 47.5 Å². The van der Waals surface area contributed by atoms with E-state index in [9.17, 15) is 14.4 Å². The number of fused-ring (bicyclic) bond motifs is 1. The molecule has 0 saturated carbocycles. The lowest BCUT2D eigenvalue weighted by molar-refractivity contribution is -0.134. The summed E-state index contributed by atoms with van der Waals surface area (Å²) in [6.45, 7) is 4.20. The number of thiophene rings is 1. The summed E-state index contributed by atoms with van der Waals surface area (Å²) in [6.07, 6.45) is 8.54. The van der Waals surface area contributed by atoms with Gasteiger partial charge in [-0.2, -0.15) is 0 Å². The van der Waals surface area contributed by atoms with Crippen molar-refractivity contribution in [2.45, 2.75) is 77.7 Å². The SMILES string of the molecule is CC(C)C[C@H]1C[C@@H](C(=O)NNC(=O)c2cc3c(s2)CCCCCC3)CC(=O)N1. The maximum atomic E-state index is 12.5. The molecule has 1 aromatic heterocycles. The second-order valence-electron chi connectivity index (χ2n) is 8.45. The summed E-state index contributed by atoms with van der Waals surface area (Å²) in [5.74, 6) is -0.608. The van der Waals surface area contributed by atoms with E-state index in [4.69, 9.17) is 0 Å². The fraction of sp³-hybridized carbons (Fsp3) is 0.667. The van der Waals surface area contributed by atoms with Crippen molar-refractivity contribution in [3.8, 4) is 0 Å². The van der Waals surface area contributed by atoms with Crippen LogP contribution >= 0.6 is 11.3 Å². The third kappa shape index (κ3) is 5.56. The predicted octanol–water partition coefficient (Wildman–Crippen LogP) is 3.11. The molecule has 1 aliphatic carbocycles. The number of piperidine rings is 1. The van der Waals surface area contributed by atoms with Crippen molar-refractivity contribution >= 4 is 29.1 Å². The molecule has 28 heavy (non-hydrogen) atoms. The van der Waals surface area contributed by atoms with E-state index in [-0.39, 0.29) is 30.2 Å². The minimum atomic E-state index is -0.402. The molecule has 3 N–H and O–H groups in total. The summed E-state index contributed by atoms with van der Waals surface area (Å²) < 4.78 is 0. The summed E-state index contributed by atoms with van der Waals surface area (Å²) in [4.78, 5) is 38.9. The Balaban J connectivity index is 1.54. The molecular formula is C21H31N3O3S. The highest BCUT2D eigenvalue weighted by atomic mass is 32.1. The van der Waals surface area contributed by atoms with Crippen molar-refractivity contribution in [1.29, 1.82) is 0 Å². The normalized spacial score (nSPS) is 22.6. The lowest BCUT2D eigenvalue weighted by atomic mass is 9.87. The van der Waals surface area contributed by atoms with Gasteiger partial charge in [0.2, 0.25) is 11.8 Å². The molecule has 1 aromatic rings. The number of hydrogen-bond donors (Lipinski definition) is 3. The summed E-state index contributed by atoms with van der Waals surface area (Å²) in [5.41, 5.74) is 6.36. The van der Waals surface area contributed by atoms with Crippen molar-refractivity contribution in [2.24, 2.45) is 11.8 Å². The molecular weight excluding hydrogens is 374 g/mol. The van der Waals surface area contributed by atoms with Gasteiger partial charge >= 0.3 is 0 Å². The summed E-state index contributed by atoms with van der Waals surface area (Å²) in [7, 11) is 0. The van der Waals surface area contributed by atoms with Gasteiger partial charge in [-0.1, -0.05) is 26.7 Å². The first-order valence-electron chi connectivity index (χ1n) is 10.4. The lowest BCUT2D eigenvalue weighted by Crippen LogP contribution is -2.50. The van der Waals surface area contributed by atoms with Crippen molar-refractivity contribution in [2.75, 3.05) is 0 Å². The molecule has 7 heteroatoms. The van der Waals surface area contributed by atoms with Crippen LogP contribution in [0, 0.1) is 11.8 Å². The van der Waals surface area contributed by atoms with Gasteiger partial charge in [0, 0.05) is 17.3 Å². The number of aryl methyl sites for hydroxylation is 2. The molecule has 2 heterocycles. The molecule has 1 saturated heterocycles. The lowest BCUT2D eigenvalue weighted by Gasteiger charge is -2.30. The average molecular weight is 406 g/mol. The van der Waals surface area contributed by atoms with Gasteiger partial charge in [0.25, 0.3) is 5.91 Å². The number of hydrazine groups is 1. The highest BCUT2D eigenvalue weighted by Gasteiger charge is 2.32. The van der Waals surface area contributed by atoms with Gasteiger partial charge < -0.3 is 5.32 Å². The van der Waals surface area contributed by atoms with Gasteiger partial charge in [-0.3, -0.25) is 25.2 Å². The summed E-state index contributed by atoms with van der Waals surface area (Å²) in [5, 5.41) is 2.96. The molecule has 3 amide bonds. The summed E-state index contributed by atoms with van der Waals surface area (Å²) in [6, 6.07) is 1.99. The maximum absolute atomic E-state index is 12.5. The standard InChI is InChI=1S/C21H31N3O3S/c1-13(2)9-16-10-15(12-19(25)22-16)20(26)23-24-21(27)18-11-14-7-5-3-4-6-8-17(14)28-18/h11,13,15-16H,3-10,12H2,1-2H3,(H,22,25)(H,23,26)(H,24,27)/t15-,16+/m1/s1. The highest BCUT2D eigenvalue weighted by Crippen LogP contribution is 2.28. The first-order chi connectivity index (χ1) is 13.4. The van der Waals surface area contributed by atoms with E-state index in [1.54, 1.807) is 0 Å². The first kappa shape index (κ1) is 20.8. The maximum Gasteiger partial charge on any atom is 0.279 e. The molecule has 0 aromatic carbocycles. The molecule has 0 unspecified atom stereocenters. The molecule has 0 radical (unpaired) electrons. The van der Waals surface area contributed by atoms with Crippen LogP contribution in [0.1, 0.15) is 78.9 Å². The van der Waals surface area contributed by atoms with Crippen molar-refractivity contribution in [3.63, 3.8) is 0 Å². The Bertz CT molecular complexity index is 703. The van der Waals surface area contributed by atoms with Gasteiger partial charge in [0.1, 0.15) is 0 Å². The number of rotatable bonds is 4. The molecule has 2 atom stereocenters. The quantitative estimate of drug-likeness (QED) is 0.673. The van der Waals surface area contributed by atoms with Crippen LogP contribution < -0.4 is 16.2 Å². The fourth-order valence-corrected chi connectivity index (χ4v) is 5.31. The van der Waals surface area contributed by atoms with Crippen LogP contribution in [0.2, 0.25) is 0 Å². The van der Waals surface area contributed by atoms with Gasteiger partial charge in [-0.25, -0.2) is 0 Å². The molecule has 0 bridgehead atoms. The number of nitrogens with one attached hydrogen (secondary N) is 3.